The van der Waals surface area contributed by atoms with Gasteiger partial charge < -0.3 is 10.1 Å². The third-order valence-corrected chi connectivity index (χ3v) is 4.34. The van der Waals surface area contributed by atoms with Crippen LogP contribution in [0, 0.1) is 5.92 Å². The summed E-state index contributed by atoms with van der Waals surface area (Å²) in [5.41, 5.74) is 0.610. The van der Waals surface area contributed by atoms with E-state index in [4.69, 9.17) is 4.74 Å². The van der Waals surface area contributed by atoms with E-state index in [9.17, 15) is 4.79 Å². The van der Waals surface area contributed by atoms with Crippen molar-refractivity contribution in [3.63, 3.8) is 0 Å². The second kappa shape index (κ2) is 6.77. The highest BCUT2D eigenvalue weighted by Crippen LogP contribution is 2.23. The molecule has 19 heavy (non-hydrogen) atoms. The molecule has 0 aliphatic carbocycles. The number of amides is 1. The smallest absolute Gasteiger partial charge is 0.252 e. The Morgan fingerprint density at radius 2 is 2.37 bits per heavy atom. The van der Waals surface area contributed by atoms with E-state index in [1.807, 2.05) is 12.1 Å². The van der Waals surface area contributed by atoms with Crippen LogP contribution in [0.25, 0.3) is 0 Å². The predicted molar refractivity (Wildman–Crippen MR) is 81.9 cm³/mol. The monoisotopic (exact) mass is 343 g/mol. The van der Waals surface area contributed by atoms with E-state index in [1.54, 1.807) is 6.07 Å². The van der Waals surface area contributed by atoms with E-state index >= 15 is 0 Å². The summed E-state index contributed by atoms with van der Waals surface area (Å²) in [6, 6.07) is 5.46. The number of halogens is 1. The topological polar surface area (TPSA) is 38.3 Å². The molecule has 2 rings (SSSR count). The first-order valence-electron chi connectivity index (χ1n) is 6.50. The minimum Gasteiger partial charge on any atom is -0.378 e. The summed E-state index contributed by atoms with van der Waals surface area (Å²) in [5, 5.41) is 2.98. The fraction of sp³-hybridized carbons (Fsp3) is 0.500. The van der Waals surface area contributed by atoms with Crippen LogP contribution in [0.2, 0.25) is 0 Å². The third-order valence-electron chi connectivity index (χ3n) is 3.48. The molecule has 1 aliphatic rings. The van der Waals surface area contributed by atoms with Crippen molar-refractivity contribution in [1.82, 2.24) is 5.32 Å². The zero-order valence-electron chi connectivity index (χ0n) is 10.9. The average molecular weight is 344 g/mol. The Morgan fingerprint density at radius 1 is 1.58 bits per heavy atom. The van der Waals surface area contributed by atoms with E-state index in [1.165, 1.54) is 0 Å². The molecule has 1 fully saturated rings. The van der Waals surface area contributed by atoms with Crippen LogP contribution < -0.4 is 5.32 Å². The minimum atomic E-state index is -0.0701. The maximum atomic E-state index is 12.1. The molecule has 1 heterocycles. The molecule has 1 N–H and O–H groups in total. The van der Waals surface area contributed by atoms with E-state index in [0.29, 0.717) is 22.9 Å². The molecule has 0 radical (unpaired) electrons. The molecule has 1 saturated heterocycles. The Hall–Kier alpha value is -0.520. The summed E-state index contributed by atoms with van der Waals surface area (Å²) in [4.78, 5) is 12.8. The highest BCUT2D eigenvalue weighted by atomic mass is 79.9. The van der Waals surface area contributed by atoms with Gasteiger partial charge in [0.25, 0.3) is 5.91 Å². The second-order valence-electron chi connectivity index (χ2n) is 4.74. The van der Waals surface area contributed by atoms with E-state index in [0.717, 1.165) is 23.9 Å². The SMILES string of the molecule is CCC1OCCC1CNC(=O)c1ccc(Br)cc1S. The lowest BCUT2D eigenvalue weighted by atomic mass is 9.99. The first kappa shape index (κ1) is 14.9. The van der Waals surface area contributed by atoms with Gasteiger partial charge in [-0.05, 0) is 31.0 Å². The number of hydrogen-bond donors (Lipinski definition) is 2. The van der Waals surface area contributed by atoms with Gasteiger partial charge in [0, 0.05) is 28.4 Å². The summed E-state index contributed by atoms with van der Waals surface area (Å²) in [6.45, 7) is 3.58. The zero-order chi connectivity index (χ0) is 13.8. The van der Waals surface area contributed by atoms with Crippen LogP contribution in [0.1, 0.15) is 30.1 Å². The van der Waals surface area contributed by atoms with Crippen molar-refractivity contribution < 1.29 is 9.53 Å². The number of nitrogens with one attached hydrogen (secondary N) is 1. The van der Waals surface area contributed by atoms with Crippen molar-refractivity contribution in [3.8, 4) is 0 Å². The molecule has 2 unspecified atom stereocenters. The van der Waals surface area contributed by atoms with Gasteiger partial charge in [0.2, 0.25) is 0 Å². The van der Waals surface area contributed by atoms with Crippen molar-refractivity contribution >= 4 is 34.5 Å². The lowest BCUT2D eigenvalue weighted by Crippen LogP contribution is -2.32. The molecule has 104 valence electrons. The molecule has 3 nitrogen and oxygen atoms in total. The average Bonchev–Trinajstić information content (AvgIpc) is 2.83. The summed E-state index contributed by atoms with van der Waals surface area (Å²) >= 11 is 7.69. The third kappa shape index (κ3) is 3.74. The lowest BCUT2D eigenvalue weighted by Gasteiger charge is -2.17. The number of ether oxygens (including phenoxy) is 1. The molecule has 0 saturated carbocycles. The minimum absolute atomic E-state index is 0.0701. The Morgan fingerprint density at radius 3 is 3.05 bits per heavy atom. The predicted octanol–water partition coefficient (Wildman–Crippen LogP) is 3.28. The number of benzene rings is 1. The molecular formula is C14H18BrNO2S. The first-order chi connectivity index (χ1) is 9.11. The van der Waals surface area contributed by atoms with Gasteiger partial charge in [0.05, 0.1) is 11.7 Å². The van der Waals surface area contributed by atoms with Gasteiger partial charge in [-0.15, -0.1) is 12.6 Å². The Kier molecular flexibility index (Phi) is 5.30. The van der Waals surface area contributed by atoms with Gasteiger partial charge in [0.15, 0.2) is 0 Å². The maximum absolute atomic E-state index is 12.1. The summed E-state index contributed by atoms with van der Waals surface area (Å²) in [5.74, 6) is 0.354. The number of carbonyl (C=O) groups excluding carboxylic acids is 1. The molecule has 1 aromatic rings. The molecule has 0 bridgehead atoms. The zero-order valence-corrected chi connectivity index (χ0v) is 13.3. The maximum Gasteiger partial charge on any atom is 0.252 e. The molecule has 1 aromatic carbocycles. The summed E-state index contributed by atoms with van der Waals surface area (Å²) < 4.78 is 6.54. The van der Waals surface area contributed by atoms with Crippen LogP contribution in [0.3, 0.4) is 0 Å². The second-order valence-corrected chi connectivity index (χ2v) is 6.14. The molecular weight excluding hydrogens is 326 g/mol. The number of hydrogen-bond acceptors (Lipinski definition) is 3. The Bertz CT molecular complexity index is 467. The number of rotatable bonds is 4. The first-order valence-corrected chi connectivity index (χ1v) is 7.74. The molecule has 0 aromatic heterocycles. The Balaban J connectivity index is 1.94. The van der Waals surface area contributed by atoms with Crippen molar-refractivity contribution in [2.24, 2.45) is 5.92 Å². The highest BCUT2D eigenvalue weighted by Gasteiger charge is 2.27. The van der Waals surface area contributed by atoms with Crippen molar-refractivity contribution in [2.75, 3.05) is 13.2 Å². The van der Waals surface area contributed by atoms with Gasteiger partial charge in [0.1, 0.15) is 0 Å². The fourth-order valence-electron chi connectivity index (χ4n) is 2.39. The van der Waals surface area contributed by atoms with Gasteiger partial charge >= 0.3 is 0 Å². The lowest BCUT2D eigenvalue weighted by molar-refractivity contribution is 0.0826. The van der Waals surface area contributed by atoms with Crippen LogP contribution in [0.4, 0.5) is 0 Å². The standard InChI is InChI=1S/C14H18BrNO2S/c1-2-12-9(5-6-18-12)8-16-14(17)11-4-3-10(15)7-13(11)19/h3-4,7,9,12,19H,2,5-6,8H2,1H3,(H,16,17). The molecule has 0 spiro atoms. The van der Waals surface area contributed by atoms with Crippen LogP contribution >= 0.6 is 28.6 Å². The van der Waals surface area contributed by atoms with Crippen molar-refractivity contribution in [3.05, 3.63) is 28.2 Å². The largest absolute Gasteiger partial charge is 0.378 e. The highest BCUT2D eigenvalue weighted by molar-refractivity contribution is 9.10. The van der Waals surface area contributed by atoms with Gasteiger partial charge in [-0.25, -0.2) is 0 Å². The van der Waals surface area contributed by atoms with Crippen molar-refractivity contribution in [1.29, 1.82) is 0 Å². The normalized spacial score (nSPS) is 22.5. The number of thiol groups is 1. The van der Waals surface area contributed by atoms with Gasteiger partial charge in [-0.1, -0.05) is 22.9 Å². The van der Waals surface area contributed by atoms with Crippen LogP contribution in [0.5, 0.6) is 0 Å². The van der Waals surface area contributed by atoms with Gasteiger partial charge in [-0.3, -0.25) is 4.79 Å². The molecule has 1 amide bonds. The number of carbonyl (C=O) groups is 1. The summed E-state index contributed by atoms with van der Waals surface area (Å²) in [7, 11) is 0. The van der Waals surface area contributed by atoms with E-state index in [-0.39, 0.29) is 12.0 Å². The van der Waals surface area contributed by atoms with Gasteiger partial charge in [-0.2, -0.15) is 0 Å². The molecule has 1 aliphatic heterocycles. The van der Waals surface area contributed by atoms with Crippen LogP contribution in [-0.2, 0) is 4.74 Å². The quantitative estimate of drug-likeness (QED) is 0.823. The summed E-state index contributed by atoms with van der Waals surface area (Å²) in [6.07, 6.45) is 2.30. The fourth-order valence-corrected chi connectivity index (χ4v) is 3.25. The molecule has 2 atom stereocenters. The van der Waals surface area contributed by atoms with Crippen molar-refractivity contribution in [2.45, 2.75) is 30.8 Å². The van der Waals surface area contributed by atoms with E-state index in [2.05, 4.69) is 40.8 Å². The van der Waals surface area contributed by atoms with Crippen LogP contribution in [-0.4, -0.2) is 25.2 Å². The van der Waals surface area contributed by atoms with Crippen LogP contribution in [0.15, 0.2) is 27.6 Å². The Labute approximate surface area is 127 Å². The van der Waals surface area contributed by atoms with E-state index < -0.39 is 0 Å². The molecule has 5 heteroatoms.